The second-order valence-electron chi connectivity index (χ2n) is 4.80. The number of aromatic nitrogens is 2. The van der Waals surface area contributed by atoms with Crippen molar-refractivity contribution in [1.82, 2.24) is 9.55 Å². The summed E-state index contributed by atoms with van der Waals surface area (Å²) in [7, 11) is 0. The maximum Gasteiger partial charge on any atom is 0.351 e. The average Bonchev–Trinajstić information content (AvgIpc) is 2.88. The van der Waals surface area contributed by atoms with Gasteiger partial charge < -0.3 is 15.2 Å². The molecule has 1 aromatic heterocycles. The molecule has 1 aromatic rings. The molecule has 1 aliphatic heterocycles. The van der Waals surface area contributed by atoms with Crippen LogP contribution in [0.2, 0.25) is 0 Å². The first kappa shape index (κ1) is 15.8. The van der Waals surface area contributed by atoms with Crippen molar-refractivity contribution in [3.63, 3.8) is 0 Å². The zero-order chi connectivity index (χ0) is 15.6. The fourth-order valence-corrected chi connectivity index (χ4v) is 2.65. The monoisotopic (exact) mass is 317 g/mol. The van der Waals surface area contributed by atoms with Crippen LogP contribution in [-0.4, -0.2) is 33.3 Å². The van der Waals surface area contributed by atoms with E-state index in [-0.39, 0.29) is 18.5 Å². The third kappa shape index (κ3) is 3.73. The highest BCUT2D eigenvalue weighted by Gasteiger charge is 2.29. The highest BCUT2D eigenvalue weighted by molar-refractivity contribution is 8.00. The lowest BCUT2D eigenvalue weighted by molar-refractivity contribution is -0.150. The Bertz CT molecular complexity index is 592. The highest BCUT2D eigenvalue weighted by atomic mass is 32.2. The minimum absolute atomic E-state index is 0.0812. The largest absolute Gasteiger partial charge is 0.462 e. The molecule has 1 saturated heterocycles. The van der Waals surface area contributed by atoms with E-state index in [1.54, 1.807) is 13.8 Å². The molecule has 2 unspecified atom stereocenters. The summed E-state index contributed by atoms with van der Waals surface area (Å²) in [6, 6.07) is 0. The Hall–Kier alpha value is -1.61. The maximum absolute atomic E-state index is 13.4. The average molecular weight is 317 g/mol. The summed E-state index contributed by atoms with van der Waals surface area (Å²) in [6.45, 7) is 3.55. The Labute approximate surface area is 124 Å². The van der Waals surface area contributed by atoms with Crippen molar-refractivity contribution >= 4 is 23.5 Å². The number of carbonyl (C=O) groups is 1. The van der Waals surface area contributed by atoms with E-state index >= 15 is 0 Å². The minimum Gasteiger partial charge on any atom is -0.462 e. The normalized spacial score (nSPS) is 21.7. The summed E-state index contributed by atoms with van der Waals surface area (Å²) in [5.41, 5.74) is 4.14. The molecule has 0 radical (unpaired) electrons. The van der Waals surface area contributed by atoms with Crippen molar-refractivity contribution in [3.05, 3.63) is 22.5 Å². The first-order valence-corrected chi connectivity index (χ1v) is 7.41. The van der Waals surface area contributed by atoms with E-state index in [0.29, 0.717) is 5.75 Å². The van der Waals surface area contributed by atoms with Crippen LogP contribution < -0.4 is 11.4 Å². The highest BCUT2D eigenvalue weighted by Crippen LogP contribution is 2.31. The Morgan fingerprint density at radius 1 is 1.71 bits per heavy atom. The number of nitrogens with two attached hydrogens (primary N) is 1. The standard InChI is InChI=1S/C12H16FN3O4S/c1-6(2)11(17)19-4-9-20-8(5-21-9)16-3-7(13)10(14)15-12(16)18/h3,6,8-9H,4-5H2,1-2H3,(H2,14,15,18). The number of nitrogen functional groups attached to an aromatic ring is 1. The maximum atomic E-state index is 13.4. The predicted octanol–water partition coefficient (Wildman–Crippen LogP) is 0.752. The third-order valence-corrected chi connectivity index (χ3v) is 3.91. The van der Waals surface area contributed by atoms with Crippen LogP contribution in [0.25, 0.3) is 0 Å². The first-order valence-electron chi connectivity index (χ1n) is 6.36. The number of halogens is 1. The molecule has 116 valence electrons. The summed E-state index contributed by atoms with van der Waals surface area (Å²) in [6.07, 6.45) is 0.311. The van der Waals surface area contributed by atoms with E-state index in [1.165, 1.54) is 11.8 Å². The Morgan fingerprint density at radius 3 is 3.10 bits per heavy atom. The van der Waals surface area contributed by atoms with Gasteiger partial charge in [-0.2, -0.15) is 4.98 Å². The van der Waals surface area contributed by atoms with Crippen LogP contribution in [0.15, 0.2) is 11.0 Å². The van der Waals surface area contributed by atoms with Gasteiger partial charge in [0.25, 0.3) is 0 Å². The van der Waals surface area contributed by atoms with E-state index in [2.05, 4.69) is 4.98 Å². The molecule has 0 aliphatic carbocycles. The second kappa shape index (κ2) is 6.44. The van der Waals surface area contributed by atoms with E-state index in [9.17, 15) is 14.0 Å². The van der Waals surface area contributed by atoms with E-state index in [0.717, 1.165) is 10.8 Å². The fraction of sp³-hybridized carbons (Fsp3) is 0.583. The molecule has 0 amide bonds. The zero-order valence-electron chi connectivity index (χ0n) is 11.6. The number of rotatable bonds is 4. The molecule has 9 heteroatoms. The topological polar surface area (TPSA) is 96.4 Å². The van der Waals surface area contributed by atoms with Crippen molar-refractivity contribution in [2.24, 2.45) is 5.92 Å². The van der Waals surface area contributed by atoms with Gasteiger partial charge in [0.1, 0.15) is 18.3 Å². The van der Waals surface area contributed by atoms with Crippen molar-refractivity contribution in [1.29, 1.82) is 0 Å². The van der Waals surface area contributed by atoms with Gasteiger partial charge in [-0.05, 0) is 0 Å². The minimum atomic E-state index is -0.780. The molecule has 21 heavy (non-hydrogen) atoms. The molecule has 1 fully saturated rings. The van der Waals surface area contributed by atoms with Gasteiger partial charge in [0.15, 0.2) is 11.6 Å². The summed E-state index contributed by atoms with van der Waals surface area (Å²) in [5, 5.41) is 0. The van der Waals surface area contributed by atoms with Gasteiger partial charge in [0, 0.05) is 5.75 Å². The van der Waals surface area contributed by atoms with E-state index < -0.39 is 29.0 Å². The van der Waals surface area contributed by atoms with Crippen LogP contribution in [0, 0.1) is 11.7 Å². The van der Waals surface area contributed by atoms with E-state index in [1.807, 2.05) is 0 Å². The molecule has 1 aliphatic rings. The van der Waals surface area contributed by atoms with Crippen LogP contribution in [0.4, 0.5) is 10.2 Å². The molecule has 0 bridgehead atoms. The number of thioether (sulfide) groups is 1. The van der Waals surface area contributed by atoms with Crippen molar-refractivity contribution in [2.75, 3.05) is 18.1 Å². The SMILES string of the molecule is CC(C)C(=O)OCC1OC(n2cc(F)c(N)nc2=O)CS1. The molecule has 2 heterocycles. The lowest BCUT2D eigenvalue weighted by atomic mass is 10.2. The Balaban J connectivity index is 1.98. The molecule has 0 saturated carbocycles. The number of hydrogen-bond donors (Lipinski definition) is 1. The van der Waals surface area contributed by atoms with Crippen molar-refractivity contribution in [2.45, 2.75) is 25.5 Å². The van der Waals surface area contributed by atoms with Gasteiger partial charge in [-0.15, -0.1) is 11.8 Å². The molecule has 2 atom stereocenters. The van der Waals surface area contributed by atoms with Gasteiger partial charge in [-0.25, -0.2) is 9.18 Å². The van der Waals surface area contributed by atoms with Crippen molar-refractivity contribution < 1.29 is 18.7 Å². The lowest BCUT2D eigenvalue weighted by Crippen LogP contribution is -2.30. The van der Waals surface area contributed by atoms with E-state index in [4.69, 9.17) is 15.2 Å². The van der Waals surface area contributed by atoms with Gasteiger partial charge in [0.2, 0.25) is 0 Å². The van der Waals surface area contributed by atoms with Crippen LogP contribution in [0.1, 0.15) is 20.1 Å². The van der Waals surface area contributed by atoms with Gasteiger partial charge >= 0.3 is 11.7 Å². The quantitative estimate of drug-likeness (QED) is 0.819. The van der Waals surface area contributed by atoms with Crippen molar-refractivity contribution in [3.8, 4) is 0 Å². The number of anilines is 1. The smallest absolute Gasteiger partial charge is 0.351 e. The molecule has 7 nitrogen and oxygen atoms in total. The Kier molecular flexibility index (Phi) is 4.84. The number of nitrogens with zero attached hydrogens (tertiary/aromatic N) is 2. The molecule has 0 aromatic carbocycles. The van der Waals surface area contributed by atoms with Gasteiger partial charge in [-0.3, -0.25) is 9.36 Å². The number of hydrogen-bond acceptors (Lipinski definition) is 7. The molecular formula is C12H16FN3O4S. The first-order chi connectivity index (χ1) is 9.88. The summed E-state index contributed by atoms with van der Waals surface area (Å²) in [4.78, 5) is 26.4. The number of esters is 1. The molecule has 2 rings (SSSR count). The van der Waals surface area contributed by atoms with Crippen LogP contribution in [0.3, 0.4) is 0 Å². The lowest BCUT2D eigenvalue weighted by Gasteiger charge is -2.15. The summed E-state index contributed by atoms with van der Waals surface area (Å²) < 4.78 is 25.0. The molecule has 0 spiro atoms. The molecular weight excluding hydrogens is 301 g/mol. The fourth-order valence-electron chi connectivity index (χ4n) is 1.66. The van der Waals surface area contributed by atoms with Crippen LogP contribution in [-0.2, 0) is 14.3 Å². The van der Waals surface area contributed by atoms with Gasteiger partial charge in [-0.1, -0.05) is 13.8 Å². The third-order valence-electron chi connectivity index (χ3n) is 2.81. The Morgan fingerprint density at radius 2 is 2.43 bits per heavy atom. The summed E-state index contributed by atoms with van der Waals surface area (Å²) >= 11 is 1.38. The van der Waals surface area contributed by atoms with Gasteiger partial charge in [0.05, 0.1) is 12.1 Å². The predicted molar refractivity (Wildman–Crippen MR) is 75.0 cm³/mol. The van der Waals surface area contributed by atoms with Crippen LogP contribution >= 0.6 is 11.8 Å². The van der Waals surface area contributed by atoms with Crippen LogP contribution in [0.5, 0.6) is 0 Å². The molecule has 2 N–H and O–H groups in total. The zero-order valence-corrected chi connectivity index (χ0v) is 12.4. The summed E-state index contributed by atoms with van der Waals surface area (Å²) in [5.74, 6) is -1.33. The number of carbonyl (C=O) groups excluding carboxylic acids is 1. The second-order valence-corrected chi connectivity index (χ2v) is 5.99. The number of ether oxygens (including phenoxy) is 2.